The second-order valence-corrected chi connectivity index (χ2v) is 10.7. The lowest BCUT2D eigenvalue weighted by Crippen LogP contribution is -2.40. The van der Waals surface area contributed by atoms with E-state index in [-0.39, 0.29) is 18.6 Å². The molecule has 0 unspecified atom stereocenters. The molecule has 0 saturated carbocycles. The van der Waals surface area contributed by atoms with Crippen molar-refractivity contribution in [1.82, 2.24) is 9.88 Å². The standard InChI is InChI=1S/C33H34N2O7/c1-3-19-17-24-30(32(40)35(31(24)39)33(41)42-2)25(18-36)29(19)28(38)14-12-21(26-10-6-7-15-34-26)16-20-11-13-27(37)23-9-5-4-8-22(20)23/h4-11,13,15-16,24-25,28,30,36-38H,3,12,14,17-18H2,1-2H3/b21-16-/t24-,25+,28-,30-/m1/s1. The molecule has 218 valence electrons. The van der Waals surface area contributed by atoms with Crippen molar-refractivity contribution >= 4 is 40.3 Å². The summed E-state index contributed by atoms with van der Waals surface area (Å²) >= 11 is 0. The number of nitrogens with zero attached hydrogens (tertiary/aromatic N) is 2. The Labute approximate surface area is 243 Å². The van der Waals surface area contributed by atoms with Crippen molar-refractivity contribution in [1.29, 1.82) is 0 Å². The first-order valence-corrected chi connectivity index (χ1v) is 14.1. The van der Waals surface area contributed by atoms with Gasteiger partial charge in [-0.25, -0.2) is 4.79 Å². The third-order valence-corrected chi connectivity index (χ3v) is 8.47. The van der Waals surface area contributed by atoms with Crippen LogP contribution in [-0.2, 0) is 14.3 Å². The summed E-state index contributed by atoms with van der Waals surface area (Å²) < 4.78 is 4.66. The fourth-order valence-corrected chi connectivity index (χ4v) is 6.46. The zero-order valence-corrected chi connectivity index (χ0v) is 23.6. The maximum absolute atomic E-state index is 13.2. The van der Waals surface area contributed by atoms with Crippen LogP contribution in [0.1, 0.15) is 43.9 Å². The van der Waals surface area contributed by atoms with Gasteiger partial charge in [0, 0.05) is 17.5 Å². The minimum absolute atomic E-state index is 0.188. The van der Waals surface area contributed by atoms with Gasteiger partial charge in [-0.05, 0) is 72.1 Å². The number of benzene rings is 2. The zero-order valence-electron chi connectivity index (χ0n) is 23.6. The number of phenols is 1. The average Bonchev–Trinajstić information content (AvgIpc) is 3.27. The third kappa shape index (κ3) is 5.21. The van der Waals surface area contributed by atoms with Crippen LogP contribution in [0.3, 0.4) is 0 Å². The summed E-state index contributed by atoms with van der Waals surface area (Å²) in [4.78, 5) is 43.5. The molecule has 3 N–H and O–H groups in total. The predicted octanol–water partition coefficient (Wildman–Crippen LogP) is 4.71. The van der Waals surface area contributed by atoms with Crippen molar-refractivity contribution in [3.05, 3.63) is 83.2 Å². The summed E-state index contributed by atoms with van der Waals surface area (Å²) in [6.07, 6.45) is 3.10. The second-order valence-electron chi connectivity index (χ2n) is 10.7. The van der Waals surface area contributed by atoms with Crippen LogP contribution in [-0.4, -0.2) is 62.9 Å². The molecular weight excluding hydrogens is 536 g/mol. The fraction of sp³-hybridized carbons (Fsp3) is 0.333. The SMILES string of the molecule is CCC1=C([C@H](O)CC/C(=C/c2ccc(O)c3ccccc23)c2ccccn2)[C@H](CO)[C@@H]2C(=O)N(C(=O)OC)C(=O)[C@@H]2C1. The molecule has 3 aromatic rings. The molecule has 1 aliphatic heterocycles. The van der Waals surface area contributed by atoms with E-state index >= 15 is 0 Å². The molecule has 42 heavy (non-hydrogen) atoms. The minimum atomic E-state index is -1.04. The Bertz CT molecular complexity index is 1580. The van der Waals surface area contributed by atoms with E-state index in [2.05, 4.69) is 9.72 Å². The summed E-state index contributed by atoms with van der Waals surface area (Å²) in [5.41, 5.74) is 3.86. The lowest BCUT2D eigenvalue weighted by atomic mass is 9.67. The van der Waals surface area contributed by atoms with E-state index in [9.17, 15) is 29.7 Å². The number of imide groups is 3. The van der Waals surface area contributed by atoms with Gasteiger partial charge < -0.3 is 20.1 Å². The molecule has 1 fully saturated rings. The Morgan fingerprint density at radius 1 is 1.10 bits per heavy atom. The molecule has 9 nitrogen and oxygen atoms in total. The number of hydrogen-bond acceptors (Lipinski definition) is 8. The number of rotatable bonds is 8. The number of carbonyl (C=O) groups is 3. The third-order valence-electron chi connectivity index (χ3n) is 8.47. The van der Waals surface area contributed by atoms with Gasteiger partial charge in [-0.15, -0.1) is 0 Å². The number of aromatic nitrogens is 1. The molecule has 2 heterocycles. The van der Waals surface area contributed by atoms with Crippen molar-refractivity contribution in [2.24, 2.45) is 17.8 Å². The molecule has 1 aliphatic carbocycles. The molecule has 9 heteroatoms. The number of pyridine rings is 1. The maximum Gasteiger partial charge on any atom is 0.423 e. The highest BCUT2D eigenvalue weighted by molar-refractivity contribution is 6.16. The quantitative estimate of drug-likeness (QED) is 0.262. The Hall–Kier alpha value is -4.34. The van der Waals surface area contributed by atoms with E-state index in [0.717, 1.165) is 40.3 Å². The largest absolute Gasteiger partial charge is 0.507 e. The van der Waals surface area contributed by atoms with E-state index in [1.165, 1.54) is 0 Å². The van der Waals surface area contributed by atoms with E-state index in [1.54, 1.807) is 12.3 Å². The molecule has 4 atom stereocenters. The highest BCUT2D eigenvalue weighted by Gasteiger charge is 2.57. The highest BCUT2D eigenvalue weighted by Crippen LogP contribution is 2.47. The lowest BCUT2D eigenvalue weighted by molar-refractivity contribution is -0.137. The highest BCUT2D eigenvalue weighted by atomic mass is 16.5. The number of methoxy groups -OCH3 is 1. The first-order valence-electron chi connectivity index (χ1n) is 14.1. The van der Waals surface area contributed by atoms with Crippen LogP contribution in [0.4, 0.5) is 4.79 Å². The first-order chi connectivity index (χ1) is 20.3. The molecule has 0 radical (unpaired) electrons. The van der Waals surface area contributed by atoms with E-state index in [1.807, 2.05) is 61.5 Å². The number of ether oxygens (including phenoxy) is 1. The molecule has 0 spiro atoms. The molecule has 1 saturated heterocycles. The summed E-state index contributed by atoms with van der Waals surface area (Å²) in [5.74, 6) is -3.68. The number of fused-ring (bicyclic) bond motifs is 2. The topological polar surface area (TPSA) is 137 Å². The molecule has 1 aromatic heterocycles. The fourth-order valence-electron chi connectivity index (χ4n) is 6.46. The predicted molar refractivity (Wildman–Crippen MR) is 157 cm³/mol. The van der Waals surface area contributed by atoms with Crippen LogP contribution in [0.15, 0.2) is 71.9 Å². The van der Waals surface area contributed by atoms with Crippen LogP contribution >= 0.6 is 0 Å². The van der Waals surface area contributed by atoms with Gasteiger partial charge in [-0.3, -0.25) is 14.6 Å². The van der Waals surface area contributed by atoms with Crippen molar-refractivity contribution in [2.45, 2.75) is 38.7 Å². The Morgan fingerprint density at radius 3 is 2.50 bits per heavy atom. The average molecular weight is 571 g/mol. The molecule has 3 amide bonds. The van der Waals surface area contributed by atoms with Crippen LogP contribution in [0.2, 0.25) is 0 Å². The van der Waals surface area contributed by atoms with Crippen LogP contribution < -0.4 is 0 Å². The number of aliphatic hydroxyl groups excluding tert-OH is 2. The number of aromatic hydroxyl groups is 1. The molecule has 2 aliphatic rings. The Morgan fingerprint density at radius 2 is 1.83 bits per heavy atom. The Kier molecular flexibility index (Phi) is 8.51. The number of amides is 3. The molecule has 0 bridgehead atoms. The van der Waals surface area contributed by atoms with Gasteiger partial charge in [-0.1, -0.05) is 48.9 Å². The summed E-state index contributed by atoms with van der Waals surface area (Å²) in [6, 6.07) is 16.7. The maximum atomic E-state index is 13.2. The molecule has 5 rings (SSSR count). The van der Waals surface area contributed by atoms with Gasteiger partial charge in [0.1, 0.15) is 5.75 Å². The van der Waals surface area contributed by atoms with E-state index < -0.39 is 48.4 Å². The van der Waals surface area contributed by atoms with Gasteiger partial charge >= 0.3 is 6.09 Å². The first kappa shape index (κ1) is 29.2. The second kappa shape index (κ2) is 12.3. The summed E-state index contributed by atoms with van der Waals surface area (Å²) in [7, 11) is 1.10. The smallest absolute Gasteiger partial charge is 0.423 e. The number of carbonyl (C=O) groups excluding carboxylic acids is 3. The van der Waals surface area contributed by atoms with E-state index in [4.69, 9.17) is 0 Å². The number of allylic oxidation sites excluding steroid dienone is 2. The normalized spacial score (nSPS) is 21.6. The van der Waals surface area contributed by atoms with Crippen LogP contribution in [0.25, 0.3) is 22.4 Å². The van der Waals surface area contributed by atoms with Gasteiger partial charge in [-0.2, -0.15) is 4.90 Å². The zero-order chi connectivity index (χ0) is 30.0. The van der Waals surface area contributed by atoms with Crippen molar-refractivity contribution in [3.63, 3.8) is 0 Å². The van der Waals surface area contributed by atoms with Gasteiger partial charge in [0.15, 0.2) is 0 Å². The monoisotopic (exact) mass is 570 g/mol. The van der Waals surface area contributed by atoms with Crippen LogP contribution in [0, 0.1) is 17.8 Å². The van der Waals surface area contributed by atoms with Crippen molar-refractivity contribution < 1.29 is 34.4 Å². The van der Waals surface area contributed by atoms with Crippen molar-refractivity contribution in [2.75, 3.05) is 13.7 Å². The lowest BCUT2D eigenvalue weighted by Gasteiger charge is -2.36. The summed E-state index contributed by atoms with van der Waals surface area (Å²) in [6.45, 7) is 1.46. The van der Waals surface area contributed by atoms with Gasteiger partial charge in [0.05, 0.1) is 37.4 Å². The Balaban J connectivity index is 1.47. The number of likely N-dealkylation sites (tertiary alicyclic amines) is 1. The van der Waals surface area contributed by atoms with E-state index in [0.29, 0.717) is 23.3 Å². The number of aliphatic hydroxyl groups is 2. The molecule has 2 aromatic carbocycles. The van der Waals surface area contributed by atoms with Gasteiger partial charge in [0.2, 0.25) is 11.8 Å². The molecular formula is C33H34N2O7. The summed E-state index contributed by atoms with van der Waals surface area (Å²) in [5, 5.41) is 34.0. The van der Waals surface area contributed by atoms with Gasteiger partial charge in [0.25, 0.3) is 0 Å². The number of hydrogen-bond donors (Lipinski definition) is 3. The van der Waals surface area contributed by atoms with Crippen molar-refractivity contribution in [3.8, 4) is 5.75 Å². The van der Waals surface area contributed by atoms with Crippen LogP contribution in [0.5, 0.6) is 5.75 Å². The minimum Gasteiger partial charge on any atom is -0.507 e. The number of phenolic OH excluding ortho intramolecular Hbond substituents is 1.